The Morgan fingerprint density at radius 2 is 1.96 bits per heavy atom. The monoisotopic (exact) mass is 378 g/mol. The van der Waals surface area contributed by atoms with Crippen molar-refractivity contribution >= 4 is 5.91 Å². The minimum absolute atomic E-state index is 0.00792. The molecule has 1 heterocycles. The molecule has 3 rings (SSSR count). The van der Waals surface area contributed by atoms with E-state index in [-0.39, 0.29) is 17.2 Å². The highest BCUT2D eigenvalue weighted by Gasteiger charge is 2.39. The molecule has 5 nitrogen and oxygen atoms in total. The van der Waals surface area contributed by atoms with Crippen molar-refractivity contribution in [2.75, 3.05) is 32.8 Å². The number of hydrogen-bond acceptors (Lipinski definition) is 4. The summed E-state index contributed by atoms with van der Waals surface area (Å²) in [5, 5.41) is 3.11. The number of ether oxygens (including phenoxy) is 2. The normalized spacial score (nSPS) is 21.4. The zero-order chi connectivity index (χ0) is 19.1. The molecule has 1 aromatic carbocycles. The van der Waals surface area contributed by atoms with Crippen LogP contribution < -0.4 is 10.1 Å². The quantitative estimate of drug-likeness (QED) is 0.792. The molecular weight excluding hydrogens is 347 g/mol. The van der Waals surface area contributed by atoms with Crippen LogP contribution in [0.1, 0.15) is 45.4 Å². The van der Waals surface area contributed by atoms with E-state index in [4.69, 9.17) is 9.47 Å². The highest BCUT2D eigenvalue weighted by Crippen LogP contribution is 2.34. The molecule has 1 saturated heterocycles. The smallest absolute Gasteiger partial charge is 0.261 e. The number of halogens is 1. The fourth-order valence-electron chi connectivity index (χ4n) is 4.23. The first kappa shape index (κ1) is 20.1. The van der Waals surface area contributed by atoms with Gasteiger partial charge in [-0.1, -0.05) is 38.3 Å². The van der Waals surface area contributed by atoms with Crippen LogP contribution in [-0.4, -0.2) is 55.3 Å². The molecule has 0 aromatic heterocycles. The van der Waals surface area contributed by atoms with Gasteiger partial charge in [0.05, 0.1) is 13.2 Å². The first-order valence-electron chi connectivity index (χ1n) is 10.2. The zero-order valence-electron chi connectivity index (χ0n) is 16.2. The van der Waals surface area contributed by atoms with Crippen molar-refractivity contribution in [1.29, 1.82) is 0 Å². The van der Waals surface area contributed by atoms with Crippen molar-refractivity contribution in [2.24, 2.45) is 0 Å². The van der Waals surface area contributed by atoms with Gasteiger partial charge in [-0.25, -0.2) is 4.39 Å². The summed E-state index contributed by atoms with van der Waals surface area (Å²) >= 11 is 0. The molecule has 1 amide bonds. The van der Waals surface area contributed by atoms with Crippen LogP contribution >= 0.6 is 0 Å². The van der Waals surface area contributed by atoms with Gasteiger partial charge >= 0.3 is 0 Å². The van der Waals surface area contributed by atoms with E-state index < -0.39 is 11.9 Å². The highest BCUT2D eigenvalue weighted by atomic mass is 19.1. The molecule has 0 unspecified atom stereocenters. The molecule has 1 aliphatic carbocycles. The minimum atomic E-state index is -0.688. The fourth-order valence-corrected chi connectivity index (χ4v) is 4.23. The van der Waals surface area contributed by atoms with Gasteiger partial charge in [-0.05, 0) is 31.4 Å². The van der Waals surface area contributed by atoms with Crippen molar-refractivity contribution in [3.05, 3.63) is 30.1 Å². The highest BCUT2D eigenvalue weighted by molar-refractivity contribution is 5.81. The number of nitrogens with zero attached hydrogens (tertiary/aromatic N) is 1. The van der Waals surface area contributed by atoms with Crippen molar-refractivity contribution in [2.45, 2.75) is 57.1 Å². The van der Waals surface area contributed by atoms with Crippen LogP contribution in [0.15, 0.2) is 24.3 Å². The predicted octanol–water partition coefficient (Wildman–Crippen LogP) is 3.13. The summed E-state index contributed by atoms with van der Waals surface area (Å²) in [7, 11) is 0. The Balaban J connectivity index is 1.63. The number of hydrogen-bond donors (Lipinski definition) is 1. The van der Waals surface area contributed by atoms with Crippen molar-refractivity contribution in [3.63, 3.8) is 0 Å². The lowest BCUT2D eigenvalue weighted by Gasteiger charge is -2.48. The molecule has 6 heteroatoms. The van der Waals surface area contributed by atoms with Crippen LogP contribution in [0.2, 0.25) is 0 Å². The predicted molar refractivity (Wildman–Crippen MR) is 102 cm³/mol. The van der Waals surface area contributed by atoms with E-state index in [9.17, 15) is 9.18 Å². The van der Waals surface area contributed by atoms with Crippen LogP contribution in [0.3, 0.4) is 0 Å². The zero-order valence-corrected chi connectivity index (χ0v) is 16.2. The number of amides is 1. The molecule has 1 saturated carbocycles. The van der Waals surface area contributed by atoms with E-state index in [2.05, 4.69) is 10.2 Å². The van der Waals surface area contributed by atoms with E-state index in [0.29, 0.717) is 13.0 Å². The molecule has 1 N–H and O–H groups in total. The molecule has 0 bridgehead atoms. The molecule has 0 radical (unpaired) electrons. The van der Waals surface area contributed by atoms with Crippen molar-refractivity contribution in [3.8, 4) is 5.75 Å². The van der Waals surface area contributed by atoms with Gasteiger partial charge in [0.1, 0.15) is 0 Å². The molecule has 0 spiro atoms. The lowest BCUT2D eigenvalue weighted by Crippen LogP contribution is -2.60. The maximum Gasteiger partial charge on any atom is 0.261 e. The molecule has 1 atom stereocenters. The Kier molecular flexibility index (Phi) is 7.07. The number of carbonyl (C=O) groups excluding carboxylic acids is 1. The maximum atomic E-state index is 13.9. The van der Waals surface area contributed by atoms with E-state index in [1.165, 1.54) is 25.3 Å². The third kappa shape index (κ3) is 4.99. The summed E-state index contributed by atoms with van der Waals surface area (Å²) in [5.41, 5.74) is 0.00792. The van der Waals surface area contributed by atoms with Crippen LogP contribution in [0, 0.1) is 5.82 Å². The number of nitrogens with one attached hydrogen (secondary N) is 1. The Labute approximate surface area is 161 Å². The van der Waals surface area contributed by atoms with E-state index in [1.807, 2.05) is 6.92 Å². The molecule has 1 aliphatic heterocycles. The fraction of sp³-hybridized carbons (Fsp3) is 0.667. The number of carbonyl (C=O) groups is 1. The Morgan fingerprint density at radius 3 is 2.63 bits per heavy atom. The lowest BCUT2D eigenvalue weighted by atomic mass is 9.79. The molecule has 2 fully saturated rings. The van der Waals surface area contributed by atoms with Gasteiger partial charge < -0.3 is 14.8 Å². The Hall–Kier alpha value is -1.66. The molecule has 2 aliphatic rings. The molecule has 27 heavy (non-hydrogen) atoms. The van der Waals surface area contributed by atoms with Gasteiger partial charge in [0.15, 0.2) is 17.7 Å². The second kappa shape index (κ2) is 9.51. The van der Waals surface area contributed by atoms with Gasteiger partial charge in [0.2, 0.25) is 0 Å². The van der Waals surface area contributed by atoms with Gasteiger partial charge in [0.25, 0.3) is 5.91 Å². The maximum absolute atomic E-state index is 13.9. The van der Waals surface area contributed by atoms with Gasteiger partial charge in [-0.15, -0.1) is 0 Å². The third-order valence-corrected chi connectivity index (χ3v) is 5.83. The summed E-state index contributed by atoms with van der Waals surface area (Å²) in [5.74, 6) is -0.486. The van der Waals surface area contributed by atoms with E-state index in [0.717, 1.165) is 39.1 Å². The number of rotatable bonds is 7. The molecule has 1 aromatic rings. The third-order valence-electron chi connectivity index (χ3n) is 5.83. The Morgan fingerprint density at radius 1 is 1.26 bits per heavy atom. The largest absolute Gasteiger partial charge is 0.478 e. The van der Waals surface area contributed by atoms with Crippen LogP contribution in [0.4, 0.5) is 4.39 Å². The molecule has 150 valence electrons. The minimum Gasteiger partial charge on any atom is -0.478 e. The standard InChI is InChI=1S/C21H31FN2O3/c1-2-18(27-19-9-5-4-8-17(19)22)20(25)23-16-21(10-6-3-7-11-21)24-12-14-26-15-13-24/h4-5,8-9,18H,2-3,6-7,10-16H2,1H3,(H,23,25)/t18-/m1/s1. The Bertz CT molecular complexity index is 613. The SMILES string of the molecule is CC[C@@H](Oc1ccccc1F)C(=O)NCC1(N2CCOCC2)CCCCC1. The average molecular weight is 378 g/mol. The summed E-state index contributed by atoms with van der Waals surface area (Å²) in [6.07, 6.45) is 5.63. The lowest BCUT2D eigenvalue weighted by molar-refractivity contribution is -0.129. The number of para-hydroxylation sites is 1. The summed E-state index contributed by atoms with van der Waals surface area (Å²) < 4.78 is 25.0. The summed E-state index contributed by atoms with van der Waals surface area (Å²) in [6.45, 7) is 5.83. The molecular formula is C21H31FN2O3. The first-order chi connectivity index (χ1) is 13.1. The second-order valence-corrected chi connectivity index (χ2v) is 7.55. The average Bonchev–Trinajstić information content (AvgIpc) is 2.73. The van der Waals surface area contributed by atoms with Gasteiger partial charge in [-0.3, -0.25) is 9.69 Å². The number of morpholine rings is 1. The van der Waals surface area contributed by atoms with Crippen LogP contribution in [0.25, 0.3) is 0 Å². The summed E-state index contributed by atoms with van der Waals surface area (Å²) in [4.78, 5) is 15.3. The number of benzene rings is 1. The van der Waals surface area contributed by atoms with Crippen molar-refractivity contribution in [1.82, 2.24) is 10.2 Å². The van der Waals surface area contributed by atoms with Gasteiger partial charge in [0, 0.05) is 25.2 Å². The topological polar surface area (TPSA) is 50.8 Å². The van der Waals surface area contributed by atoms with Crippen molar-refractivity contribution < 1.29 is 18.7 Å². The van der Waals surface area contributed by atoms with E-state index >= 15 is 0 Å². The van der Waals surface area contributed by atoms with Crippen LogP contribution in [0.5, 0.6) is 5.75 Å². The summed E-state index contributed by atoms with van der Waals surface area (Å²) in [6, 6.07) is 6.22. The van der Waals surface area contributed by atoms with Crippen LogP contribution in [-0.2, 0) is 9.53 Å². The second-order valence-electron chi connectivity index (χ2n) is 7.55. The van der Waals surface area contributed by atoms with E-state index in [1.54, 1.807) is 18.2 Å². The first-order valence-corrected chi connectivity index (χ1v) is 10.2. The van der Waals surface area contributed by atoms with Gasteiger partial charge in [-0.2, -0.15) is 0 Å².